The van der Waals surface area contributed by atoms with Crippen molar-refractivity contribution in [1.29, 1.82) is 0 Å². The van der Waals surface area contributed by atoms with Crippen molar-refractivity contribution in [3.8, 4) is 0 Å². The fourth-order valence-corrected chi connectivity index (χ4v) is 2.77. The van der Waals surface area contributed by atoms with Crippen molar-refractivity contribution in [2.24, 2.45) is 5.92 Å². The van der Waals surface area contributed by atoms with Crippen molar-refractivity contribution in [2.75, 3.05) is 13.1 Å². The minimum Gasteiger partial charge on any atom is -0.444 e. The average molecular weight is 344 g/mol. The molecule has 0 aliphatic carbocycles. The van der Waals surface area contributed by atoms with E-state index in [1.54, 1.807) is 32.6 Å². The van der Waals surface area contributed by atoms with E-state index in [-0.39, 0.29) is 18.0 Å². The van der Waals surface area contributed by atoms with Crippen LogP contribution in [0.4, 0.5) is 18.0 Å². The van der Waals surface area contributed by atoms with Crippen LogP contribution in [-0.2, 0) is 17.3 Å². The van der Waals surface area contributed by atoms with Crippen LogP contribution in [0.2, 0.25) is 0 Å². The number of hydrogen-bond donors (Lipinski definition) is 0. The zero-order valence-corrected chi connectivity index (χ0v) is 14.4. The molecular formula is C17H23F3N2O2. The van der Waals surface area contributed by atoms with Gasteiger partial charge in [-0.15, -0.1) is 0 Å². The van der Waals surface area contributed by atoms with Gasteiger partial charge in [-0.25, -0.2) is 4.79 Å². The van der Waals surface area contributed by atoms with Gasteiger partial charge in [0.15, 0.2) is 0 Å². The number of rotatable bonds is 2. The Morgan fingerprint density at radius 3 is 2.62 bits per heavy atom. The summed E-state index contributed by atoms with van der Waals surface area (Å²) in [6, 6.07) is 1.13. The van der Waals surface area contributed by atoms with Crippen LogP contribution in [0, 0.1) is 12.8 Å². The summed E-state index contributed by atoms with van der Waals surface area (Å²) in [6.07, 6.45) is -2.54. The van der Waals surface area contributed by atoms with Crippen molar-refractivity contribution >= 4 is 6.09 Å². The summed E-state index contributed by atoms with van der Waals surface area (Å²) in [5.74, 6) is -0.0474. The number of carbonyl (C=O) groups is 1. The lowest BCUT2D eigenvalue weighted by molar-refractivity contribution is -0.138. The number of likely N-dealkylation sites (tertiary alicyclic amines) is 1. The Bertz CT molecular complexity index is 609. The predicted molar refractivity (Wildman–Crippen MR) is 83.6 cm³/mol. The molecule has 1 aromatic heterocycles. The highest BCUT2D eigenvalue weighted by molar-refractivity contribution is 5.68. The topological polar surface area (TPSA) is 42.4 Å². The number of hydrogen-bond acceptors (Lipinski definition) is 3. The molecule has 0 bridgehead atoms. The first kappa shape index (κ1) is 18.5. The molecule has 2 heterocycles. The Balaban J connectivity index is 2.05. The fourth-order valence-electron chi connectivity index (χ4n) is 2.77. The monoisotopic (exact) mass is 344 g/mol. The van der Waals surface area contributed by atoms with E-state index in [1.807, 2.05) is 0 Å². The number of carbonyl (C=O) groups excluding carboxylic acids is 1. The van der Waals surface area contributed by atoms with Gasteiger partial charge in [0.05, 0.1) is 11.3 Å². The number of amides is 1. The standard InChI is InChI=1S/C17H23F3N2O2/c1-11-7-13(17(18,19)20)14(21-9-11)8-12-5-6-22(10-12)15(23)24-16(2,3)4/h7,9,12H,5-6,8,10H2,1-4H3. The maximum absolute atomic E-state index is 13.2. The van der Waals surface area contributed by atoms with Crippen LogP contribution < -0.4 is 0 Å². The number of alkyl halides is 3. The van der Waals surface area contributed by atoms with Crippen LogP contribution in [0.5, 0.6) is 0 Å². The molecule has 0 saturated carbocycles. The van der Waals surface area contributed by atoms with Crippen molar-refractivity contribution in [1.82, 2.24) is 9.88 Å². The van der Waals surface area contributed by atoms with Gasteiger partial charge in [-0.1, -0.05) is 0 Å². The summed E-state index contributed by atoms with van der Waals surface area (Å²) in [6.45, 7) is 7.82. The smallest absolute Gasteiger partial charge is 0.418 e. The Morgan fingerprint density at radius 1 is 1.38 bits per heavy atom. The van der Waals surface area contributed by atoms with Crippen LogP contribution >= 0.6 is 0 Å². The molecule has 1 unspecified atom stereocenters. The molecule has 4 nitrogen and oxygen atoms in total. The molecule has 1 fully saturated rings. The minimum atomic E-state index is -4.42. The van der Waals surface area contributed by atoms with E-state index in [0.717, 1.165) is 6.07 Å². The highest BCUT2D eigenvalue weighted by Gasteiger charge is 2.36. The van der Waals surface area contributed by atoms with Gasteiger partial charge in [0.25, 0.3) is 0 Å². The van der Waals surface area contributed by atoms with Gasteiger partial charge >= 0.3 is 12.3 Å². The highest BCUT2D eigenvalue weighted by atomic mass is 19.4. The van der Waals surface area contributed by atoms with Gasteiger partial charge in [0.1, 0.15) is 5.60 Å². The molecule has 134 valence electrons. The van der Waals surface area contributed by atoms with E-state index in [4.69, 9.17) is 4.74 Å². The third-order valence-electron chi connectivity index (χ3n) is 3.83. The van der Waals surface area contributed by atoms with Crippen LogP contribution in [-0.4, -0.2) is 34.7 Å². The van der Waals surface area contributed by atoms with Gasteiger partial charge in [-0.05, 0) is 58.1 Å². The van der Waals surface area contributed by atoms with Gasteiger partial charge in [0.2, 0.25) is 0 Å². The van der Waals surface area contributed by atoms with Crippen molar-refractivity contribution in [2.45, 2.75) is 52.3 Å². The molecule has 7 heteroatoms. The summed E-state index contributed by atoms with van der Waals surface area (Å²) in [5, 5.41) is 0. The zero-order chi connectivity index (χ0) is 18.1. The number of aromatic nitrogens is 1. The molecule has 2 rings (SSSR count). The molecule has 24 heavy (non-hydrogen) atoms. The molecule has 1 atom stereocenters. The molecule has 1 aliphatic rings. The summed E-state index contributed by atoms with van der Waals surface area (Å²) in [4.78, 5) is 17.6. The lowest BCUT2D eigenvalue weighted by atomic mass is 9.98. The third-order valence-corrected chi connectivity index (χ3v) is 3.83. The minimum absolute atomic E-state index is 0.0455. The molecule has 1 amide bonds. The van der Waals surface area contributed by atoms with E-state index in [0.29, 0.717) is 25.1 Å². The van der Waals surface area contributed by atoms with Crippen LogP contribution in [0.1, 0.15) is 44.0 Å². The fraction of sp³-hybridized carbons (Fsp3) is 0.647. The lowest BCUT2D eigenvalue weighted by Gasteiger charge is -2.24. The molecule has 0 aromatic carbocycles. The van der Waals surface area contributed by atoms with E-state index >= 15 is 0 Å². The van der Waals surface area contributed by atoms with E-state index in [9.17, 15) is 18.0 Å². The van der Waals surface area contributed by atoms with Crippen molar-refractivity contribution < 1.29 is 22.7 Å². The lowest BCUT2D eigenvalue weighted by Crippen LogP contribution is -2.35. The Kier molecular flexibility index (Phi) is 5.11. The number of ether oxygens (including phenoxy) is 1. The van der Waals surface area contributed by atoms with Gasteiger partial charge in [-0.3, -0.25) is 4.98 Å². The summed E-state index contributed by atoms with van der Waals surface area (Å²) < 4.78 is 44.8. The van der Waals surface area contributed by atoms with Gasteiger partial charge < -0.3 is 9.64 Å². The Hall–Kier alpha value is -1.79. The predicted octanol–water partition coefficient (Wildman–Crippen LogP) is 4.21. The Morgan fingerprint density at radius 2 is 2.04 bits per heavy atom. The average Bonchev–Trinajstić information content (AvgIpc) is 2.86. The second-order valence-corrected chi connectivity index (χ2v) is 7.29. The summed E-state index contributed by atoms with van der Waals surface area (Å²) >= 11 is 0. The van der Waals surface area contributed by atoms with Crippen molar-refractivity contribution in [3.63, 3.8) is 0 Å². The second kappa shape index (κ2) is 6.61. The Labute approximate surface area is 140 Å². The molecule has 0 radical (unpaired) electrons. The quantitative estimate of drug-likeness (QED) is 0.807. The maximum Gasteiger partial charge on any atom is 0.418 e. The summed E-state index contributed by atoms with van der Waals surface area (Å²) in [5.41, 5.74) is -0.743. The first-order valence-corrected chi connectivity index (χ1v) is 7.96. The van der Waals surface area contributed by atoms with E-state index in [2.05, 4.69) is 4.98 Å². The largest absolute Gasteiger partial charge is 0.444 e. The molecule has 0 spiro atoms. The van der Waals surface area contributed by atoms with Crippen molar-refractivity contribution in [3.05, 3.63) is 29.1 Å². The highest BCUT2D eigenvalue weighted by Crippen LogP contribution is 2.34. The molecule has 1 saturated heterocycles. The first-order valence-electron chi connectivity index (χ1n) is 7.96. The molecule has 1 aliphatic heterocycles. The number of aryl methyl sites for hydroxylation is 1. The van der Waals surface area contributed by atoms with Crippen LogP contribution in [0.15, 0.2) is 12.3 Å². The molecular weight excluding hydrogens is 321 g/mol. The molecule has 1 aromatic rings. The van der Waals surface area contributed by atoms with Gasteiger partial charge in [0, 0.05) is 19.3 Å². The second-order valence-electron chi connectivity index (χ2n) is 7.29. The normalized spacial score (nSPS) is 18.8. The number of halogens is 3. The molecule has 0 N–H and O–H groups in total. The van der Waals surface area contributed by atoms with Crippen LogP contribution in [0.25, 0.3) is 0 Å². The first-order chi connectivity index (χ1) is 11.0. The summed E-state index contributed by atoms with van der Waals surface area (Å²) in [7, 11) is 0. The number of pyridine rings is 1. The SMILES string of the molecule is Cc1cnc(CC2CCN(C(=O)OC(C)(C)C)C2)c(C(F)(F)F)c1. The maximum atomic E-state index is 13.2. The van der Waals surface area contributed by atoms with E-state index in [1.165, 1.54) is 6.20 Å². The number of nitrogens with zero attached hydrogens (tertiary/aromatic N) is 2. The zero-order valence-electron chi connectivity index (χ0n) is 14.4. The third kappa shape index (κ3) is 4.85. The van der Waals surface area contributed by atoms with Gasteiger partial charge in [-0.2, -0.15) is 13.2 Å². The van der Waals surface area contributed by atoms with Crippen LogP contribution in [0.3, 0.4) is 0 Å². The van der Waals surface area contributed by atoms with E-state index < -0.39 is 23.4 Å².